The molecule has 5 heteroatoms. The lowest BCUT2D eigenvalue weighted by Gasteiger charge is -2.22. The minimum Gasteiger partial charge on any atom is -0.393 e. The summed E-state index contributed by atoms with van der Waals surface area (Å²) in [4.78, 5) is 0. The van der Waals surface area contributed by atoms with Crippen LogP contribution in [-0.4, -0.2) is 40.6 Å². The van der Waals surface area contributed by atoms with Crippen LogP contribution < -0.4 is 5.32 Å². The van der Waals surface area contributed by atoms with Gasteiger partial charge in [-0.15, -0.1) is 0 Å². The van der Waals surface area contributed by atoms with Crippen LogP contribution in [0, 0.1) is 5.82 Å². The van der Waals surface area contributed by atoms with Gasteiger partial charge in [-0.3, -0.25) is 0 Å². The highest BCUT2D eigenvalue weighted by Crippen LogP contribution is 2.12. The Morgan fingerprint density at radius 3 is 2.47 bits per heavy atom. The SMILES string of the molecule is CC(O)(CO)CNCC(O)c1ccc(F)cc1. The van der Waals surface area contributed by atoms with E-state index in [1.807, 2.05) is 0 Å². The number of rotatable bonds is 6. The predicted molar refractivity (Wildman–Crippen MR) is 61.9 cm³/mol. The van der Waals surface area contributed by atoms with Gasteiger partial charge in [-0.25, -0.2) is 4.39 Å². The van der Waals surface area contributed by atoms with E-state index in [4.69, 9.17) is 5.11 Å². The summed E-state index contributed by atoms with van der Waals surface area (Å²) in [6.07, 6.45) is -0.773. The Bertz CT molecular complexity index is 340. The topological polar surface area (TPSA) is 72.7 Å². The summed E-state index contributed by atoms with van der Waals surface area (Å²) < 4.78 is 12.6. The maximum atomic E-state index is 12.6. The lowest BCUT2D eigenvalue weighted by molar-refractivity contribution is 0.000728. The number of aliphatic hydroxyl groups is 3. The first-order valence-corrected chi connectivity index (χ1v) is 5.42. The summed E-state index contributed by atoms with van der Waals surface area (Å²) in [6.45, 7) is 1.53. The zero-order valence-electron chi connectivity index (χ0n) is 9.73. The van der Waals surface area contributed by atoms with Crippen molar-refractivity contribution in [3.05, 3.63) is 35.6 Å². The van der Waals surface area contributed by atoms with Crippen molar-refractivity contribution in [3.63, 3.8) is 0 Å². The van der Waals surface area contributed by atoms with Crippen LogP contribution in [0.5, 0.6) is 0 Å². The lowest BCUT2D eigenvalue weighted by atomic mass is 10.1. The van der Waals surface area contributed by atoms with Crippen molar-refractivity contribution in [2.24, 2.45) is 0 Å². The molecule has 0 aliphatic heterocycles. The van der Waals surface area contributed by atoms with E-state index in [1.165, 1.54) is 31.2 Å². The smallest absolute Gasteiger partial charge is 0.123 e. The predicted octanol–water partition coefficient (Wildman–Crippen LogP) is 0.192. The highest BCUT2D eigenvalue weighted by atomic mass is 19.1. The minimum atomic E-state index is -1.21. The van der Waals surface area contributed by atoms with Gasteiger partial charge in [0.25, 0.3) is 0 Å². The second kappa shape index (κ2) is 6.07. The Balaban J connectivity index is 2.40. The third kappa shape index (κ3) is 4.79. The Labute approximate surface area is 99.7 Å². The molecule has 1 aromatic carbocycles. The standard InChI is InChI=1S/C12H18FNO3/c1-12(17,8-15)7-14-6-11(16)9-2-4-10(13)5-3-9/h2-5,11,14-17H,6-8H2,1H3. The first kappa shape index (κ1) is 14.1. The van der Waals surface area contributed by atoms with Gasteiger partial charge < -0.3 is 20.6 Å². The Hall–Kier alpha value is -1.01. The largest absolute Gasteiger partial charge is 0.393 e. The summed E-state index contributed by atoms with van der Waals surface area (Å²) in [5, 5.41) is 30.9. The number of aliphatic hydroxyl groups excluding tert-OH is 2. The van der Waals surface area contributed by atoms with Gasteiger partial charge in [-0.2, -0.15) is 0 Å². The Kier molecular flexibility index (Phi) is 5.02. The third-order valence-corrected chi connectivity index (χ3v) is 2.44. The van der Waals surface area contributed by atoms with Gasteiger partial charge >= 0.3 is 0 Å². The molecule has 2 atom stereocenters. The van der Waals surface area contributed by atoms with Crippen molar-refractivity contribution in [2.45, 2.75) is 18.6 Å². The normalized spacial score (nSPS) is 16.5. The third-order valence-electron chi connectivity index (χ3n) is 2.44. The van der Waals surface area contributed by atoms with Gasteiger partial charge in [0.15, 0.2) is 0 Å². The average molecular weight is 243 g/mol. The zero-order chi connectivity index (χ0) is 12.9. The first-order valence-electron chi connectivity index (χ1n) is 5.42. The molecule has 4 nitrogen and oxygen atoms in total. The molecule has 1 aromatic rings. The van der Waals surface area contributed by atoms with Crippen LogP contribution in [0.4, 0.5) is 4.39 Å². The molecule has 0 aromatic heterocycles. The second-order valence-electron chi connectivity index (χ2n) is 4.35. The molecule has 0 aliphatic carbocycles. The van der Waals surface area contributed by atoms with Crippen molar-refractivity contribution in [2.75, 3.05) is 19.7 Å². The fraction of sp³-hybridized carbons (Fsp3) is 0.500. The summed E-state index contributed by atoms with van der Waals surface area (Å²) in [5.41, 5.74) is -0.606. The maximum absolute atomic E-state index is 12.6. The summed E-state index contributed by atoms with van der Waals surface area (Å²) >= 11 is 0. The second-order valence-corrected chi connectivity index (χ2v) is 4.35. The Morgan fingerprint density at radius 1 is 1.35 bits per heavy atom. The number of hydrogen-bond donors (Lipinski definition) is 4. The van der Waals surface area contributed by atoms with E-state index in [0.29, 0.717) is 5.56 Å². The van der Waals surface area contributed by atoms with Crippen molar-refractivity contribution < 1.29 is 19.7 Å². The molecule has 17 heavy (non-hydrogen) atoms. The molecule has 2 unspecified atom stereocenters. The molecule has 0 bridgehead atoms. The molecule has 1 rings (SSSR count). The number of halogens is 1. The van der Waals surface area contributed by atoms with E-state index in [0.717, 1.165) is 0 Å². The molecule has 0 spiro atoms. The van der Waals surface area contributed by atoms with Crippen LogP contribution in [0.2, 0.25) is 0 Å². The summed E-state index contributed by atoms with van der Waals surface area (Å²) in [5.74, 6) is -0.350. The van der Waals surface area contributed by atoms with E-state index in [9.17, 15) is 14.6 Å². The summed E-state index contributed by atoms with van der Waals surface area (Å²) in [6, 6.07) is 5.57. The lowest BCUT2D eigenvalue weighted by Crippen LogP contribution is -2.42. The zero-order valence-corrected chi connectivity index (χ0v) is 9.73. The van der Waals surface area contributed by atoms with Crippen molar-refractivity contribution >= 4 is 0 Å². The fourth-order valence-corrected chi connectivity index (χ4v) is 1.34. The van der Waals surface area contributed by atoms with E-state index in [1.54, 1.807) is 0 Å². The number of nitrogens with one attached hydrogen (secondary N) is 1. The highest BCUT2D eigenvalue weighted by Gasteiger charge is 2.18. The minimum absolute atomic E-state index is 0.168. The van der Waals surface area contributed by atoms with E-state index >= 15 is 0 Å². The number of benzene rings is 1. The van der Waals surface area contributed by atoms with Gasteiger partial charge in [-0.1, -0.05) is 12.1 Å². The fourth-order valence-electron chi connectivity index (χ4n) is 1.34. The van der Waals surface area contributed by atoms with Crippen LogP contribution in [0.25, 0.3) is 0 Å². The van der Waals surface area contributed by atoms with Gasteiger partial charge in [-0.05, 0) is 24.6 Å². The molecule has 96 valence electrons. The molecule has 4 N–H and O–H groups in total. The van der Waals surface area contributed by atoms with Crippen LogP contribution in [0.1, 0.15) is 18.6 Å². The molecule has 0 saturated carbocycles. The molecule has 0 amide bonds. The van der Waals surface area contributed by atoms with E-state index < -0.39 is 11.7 Å². The van der Waals surface area contributed by atoms with Crippen molar-refractivity contribution in [1.29, 1.82) is 0 Å². The first-order chi connectivity index (χ1) is 7.94. The maximum Gasteiger partial charge on any atom is 0.123 e. The van der Waals surface area contributed by atoms with E-state index in [-0.39, 0.29) is 25.5 Å². The number of hydrogen-bond acceptors (Lipinski definition) is 4. The molecule has 0 heterocycles. The molecule has 0 aliphatic rings. The average Bonchev–Trinajstić information content (AvgIpc) is 2.29. The quantitative estimate of drug-likeness (QED) is 0.575. The molecule has 0 radical (unpaired) electrons. The molecule has 0 saturated heterocycles. The van der Waals surface area contributed by atoms with Gasteiger partial charge in [0.1, 0.15) is 5.82 Å². The van der Waals surface area contributed by atoms with Crippen molar-refractivity contribution in [1.82, 2.24) is 5.32 Å². The van der Waals surface area contributed by atoms with Gasteiger partial charge in [0, 0.05) is 13.1 Å². The molecular formula is C12H18FNO3. The van der Waals surface area contributed by atoms with Crippen molar-refractivity contribution in [3.8, 4) is 0 Å². The molecular weight excluding hydrogens is 225 g/mol. The van der Waals surface area contributed by atoms with Gasteiger partial charge in [0.2, 0.25) is 0 Å². The summed E-state index contributed by atoms with van der Waals surface area (Å²) in [7, 11) is 0. The van der Waals surface area contributed by atoms with Crippen LogP contribution in [0.15, 0.2) is 24.3 Å². The van der Waals surface area contributed by atoms with Crippen LogP contribution in [0.3, 0.4) is 0 Å². The van der Waals surface area contributed by atoms with Gasteiger partial charge in [0.05, 0.1) is 18.3 Å². The Morgan fingerprint density at radius 2 is 1.94 bits per heavy atom. The van der Waals surface area contributed by atoms with E-state index in [2.05, 4.69) is 5.32 Å². The van der Waals surface area contributed by atoms with Crippen LogP contribution in [-0.2, 0) is 0 Å². The molecule has 0 fully saturated rings. The monoisotopic (exact) mass is 243 g/mol. The van der Waals surface area contributed by atoms with Crippen LogP contribution >= 0.6 is 0 Å². The highest BCUT2D eigenvalue weighted by molar-refractivity contribution is 5.18.